The van der Waals surface area contributed by atoms with Crippen molar-refractivity contribution in [1.82, 2.24) is 14.7 Å². The van der Waals surface area contributed by atoms with Crippen LogP contribution in [-0.2, 0) is 20.8 Å². The number of amides is 3. The molecule has 3 amide bonds. The number of aryl methyl sites for hydroxylation is 1. The number of fused-ring (bicyclic) bond motifs is 1. The van der Waals surface area contributed by atoms with E-state index in [9.17, 15) is 14.4 Å². The Balaban J connectivity index is 1.52. The van der Waals surface area contributed by atoms with Gasteiger partial charge in [-0.1, -0.05) is 29.8 Å². The lowest BCUT2D eigenvalue weighted by molar-refractivity contribution is -0.142. The summed E-state index contributed by atoms with van der Waals surface area (Å²) in [4.78, 5) is 44.0. The lowest BCUT2D eigenvalue weighted by atomic mass is 9.79. The van der Waals surface area contributed by atoms with Crippen LogP contribution < -0.4 is 0 Å². The van der Waals surface area contributed by atoms with Gasteiger partial charge >= 0.3 is 0 Å². The fraction of sp³-hybridized carbons (Fsp3) is 0.591. The van der Waals surface area contributed by atoms with Crippen LogP contribution in [0.5, 0.6) is 0 Å². The second-order valence-electron chi connectivity index (χ2n) is 8.69. The molecule has 0 unspecified atom stereocenters. The van der Waals surface area contributed by atoms with Crippen LogP contribution in [0.25, 0.3) is 0 Å². The van der Waals surface area contributed by atoms with E-state index in [1.54, 1.807) is 11.8 Å². The van der Waals surface area contributed by atoms with Gasteiger partial charge in [-0.25, -0.2) is 0 Å². The third-order valence-electron chi connectivity index (χ3n) is 6.70. The summed E-state index contributed by atoms with van der Waals surface area (Å²) in [5.41, 5.74) is 1.54. The lowest BCUT2D eigenvalue weighted by Gasteiger charge is -2.32. The first-order chi connectivity index (χ1) is 13.4. The monoisotopic (exact) mass is 383 g/mol. The summed E-state index contributed by atoms with van der Waals surface area (Å²) in [5, 5.41) is 0. The number of rotatable bonds is 3. The third-order valence-corrected chi connectivity index (χ3v) is 6.70. The van der Waals surface area contributed by atoms with Crippen LogP contribution in [0.15, 0.2) is 24.3 Å². The second-order valence-corrected chi connectivity index (χ2v) is 8.69. The fourth-order valence-electron chi connectivity index (χ4n) is 5.02. The molecule has 1 aromatic rings. The van der Waals surface area contributed by atoms with E-state index in [2.05, 4.69) is 0 Å². The molecule has 0 radical (unpaired) electrons. The molecule has 0 bridgehead atoms. The summed E-state index contributed by atoms with van der Waals surface area (Å²) >= 11 is 0. The molecule has 1 aromatic carbocycles. The predicted octanol–water partition coefficient (Wildman–Crippen LogP) is 1.47. The van der Waals surface area contributed by atoms with Gasteiger partial charge in [0.2, 0.25) is 17.7 Å². The number of nitrogens with zero attached hydrogens (tertiary/aromatic N) is 3. The highest BCUT2D eigenvalue weighted by molar-refractivity contribution is 5.88. The van der Waals surface area contributed by atoms with Crippen LogP contribution >= 0.6 is 0 Å². The quantitative estimate of drug-likeness (QED) is 0.794. The molecule has 3 heterocycles. The molecule has 0 N–H and O–H groups in total. The van der Waals surface area contributed by atoms with Crippen molar-refractivity contribution in [2.75, 3.05) is 39.3 Å². The van der Waals surface area contributed by atoms with E-state index in [0.29, 0.717) is 32.6 Å². The summed E-state index contributed by atoms with van der Waals surface area (Å²) in [6.07, 6.45) is 2.44. The van der Waals surface area contributed by atoms with Gasteiger partial charge in [-0.15, -0.1) is 0 Å². The first kappa shape index (κ1) is 19.0. The number of likely N-dealkylation sites (tertiary alicyclic amines) is 3. The van der Waals surface area contributed by atoms with Gasteiger partial charge in [0.15, 0.2) is 0 Å². The van der Waals surface area contributed by atoms with E-state index in [0.717, 1.165) is 31.5 Å². The van der Waals surface area contributed by atoms with Crippen molar-refractivity contribution >= 4 is 17.7 Å². The minimum atomic E-state index is -0.626. The fourth-order valence-corrected chi connectivity index (χ4v) is 5.02. The smallest absolute Gasteiger partial charge is 0.232 e. The Morgan fingerprint density at radius 2 is 1.57 bits per heavy atom. The number of benzene rings is 1. The van der Waals surface area contributed by atoms with E-state index in [-0.39, 0.29) is 23.6 Å². The van der Waals surface area contributed by atoms with Gasteiger partial charge in [-0.05, 0) is 25.3 Å². The van der Waals surface area contributed by atoms with E-state index in [1.807, 2.05) is 41.0 Å². The van der Waals surface area contributed by atoms with Crippen LogP contribution in [0.1, 0.15) is 30.9 Å². The second kappa shape index (κ2) is 7.22. The normalized spacial score (nSPS) is 26.6. The molecule has 28 heavy (non-hydrogen) atoms. The molecule has 3 fully saturated rings. The summed E-state index contributed by atoms with van der Waals surface area (Å²) in [5.74, 6) is 0.262. The highest BCUT2D eigenvalue weighted by atomic mass is 16.2. The van der Waals surface area contributed by atoms with Crippen molar-refractivity contribution in [3.05, 3.63) is 35.4 Å². The average Bonchev–Trinajstić information content (AvgIpc) is 3.37. The number of hydrogen-bond donors (Lipinski definition) is 0. The molecule has 0 aliphatic carbocycles. The molecule has 3 aliphatic heterocycles. The van der Waals surface area contributed by atoms with Crippen molar-refractivity contribution in [1.29, 1.82) is 0 Å². The van der Waals surface area contributed by atoms with Gasteiger partial charge < -0.3 is 14.7 Å². The first-order valence-electron chi connectivity index (χ1n) is 10.3. The molecule has 2 atom stereocenters. The molecule has 3 saturated heterocycles. The Morgan fingerprint density at radius 3 is 2.21 bits per heavy atom. The Kier molecular flexibility index (Phi) is 4.89. The highest BCUT2D eigenvalue weighted by Crippen LogP contribution is 2.44. The van der Waals surface area contributed by atoms with E-state index < -0.39 is 5.41 Å². The third kappa shape index (κ3) is 3.29. The summed E-state index contributed by atoms with van der Waals surface area (Å²) < 4.78 is 0. The van der Waals surface area contributed by atoms with Crippen molar-refractivity contribution in [3.8, 4) is 0 Å². The average molecular weight is 383 g/mol. The molecular formula is C22H29N3O3. The summed E-state index contributed by atoms with van der Waals surface area (Å²) in [6, 6.07) is 8.02. The van der Waals surface area contributed by atoms with Crippen LogP contribution in [0.4, 0.5) is 0 Å². The molecule has 6 heteroatoms. The highest BCUT2D eigenvalue weighted by Gasteiger charge is 2.59. The van der Waals surface area contributed by atoms with Gasteiger partial charge in [0, 0.05) is 52.1 Å². The zero-order valence-corrected chi connectivity index (χ0v) is 16.8. The van der Waals surface area contributed by atoms with Gasteiger partial charge in [-0.3, -0.25) is 14.4 Å². The van der Waals surface area contributed by atoms with Crippen molar-refractivity contribution in [3.63, 3.8) is 0 Å². The Hall–Kier alpha value is -2.37. The zero-order chi connectivity index (χ0) is 19.9. The maximum absolute atomic E-state index is 13.4. The molecule has 0 spiro atoms. The number of hydrogen-bond acceptors (Lipinski definition) is 3. The van der Waals surface area contributed by atoms with Crippen LogP contribution in [0, 0.1) is 18.3 Å². The van der Waals surface area contributed by atoms with E-state index >= 15 is 0 Å². The zero-order valence-electron chi connectivity index (χ0n) is 16.8. The van der Waals surface area contributed by atoms with Gasteiger partial charge in [0.1, 0.15) is 0 Å². The van der Waals surface area contributed by atoms with Crippen molar-refractivity contribution in [2.45, 2.75) is 33.1 Å². The molecule has 0 saturated carbocycles. The Labute approximate surface area is 166 Å². The molecule has 6 nitrogen and oxygen atoms in total. The Bertz CT molecular complexity index is 785. The van der Waals surface area contributed by atoms with Crippen LogP contribution in [0.3, 0.4) is 0 Å². The molecule has 0 aromatic heterocycles. The Morgan fingerprint density at radius 1 is 0.964 bits per heavy atom. The maximum atomic E-state index is 13.4. The number of carbonyl (C=O) groups is 3. The molecule has 150 valence electrons. The van der Waals surface area contributed by atoms with Crippen LogP contribution in [-0.4, -0.2) is 71.7 Å². The van der Waals surface area contributed by atoms with Crippen LogP contribution in [0.2, 0.25) is 0 Å². The van der Waals surface area contributed by atoms with Gasteiger partial charge in [0.05, 0.1) is 11.8 Å². The van der Waals surface area contributed by atoms with E-state index in [4.69, 9.17) is 0 Å². The molecule has 3 aliphatic rings. The SMILES string of the molecule is CC(=O)N1C[C@H]2CN(C(=O)Cc3ccc(C)cc3)C[C@@]2(C(=O)N2CCCC2)C1. The van der Waals surface area contributed by atoms with Crippen molar-refractivity contribution in [2.24, 2.45) is 11.3 Å². The van der Waals surface area contributed by atoms with Crippen molar-refractivity contribution < 1.29 is 14.4 Å². The van der Waals surface area contributed by atoms with E-state index in [1.165, 1.54) is 5.56 Å². The largest absolute Gasteiger partial charge is 0.342 e. The summed E-state index contributed by atoms with van der Waals surface area (Å²) in [6.45, 7) is 7.20. The topological polar surface area (TPSA) is 60.9 Å². The molecule has 4 rings (SSSR count). The standard InChI is InChI=1S/C22H29N3O3/c1-16-5-7-18(8-6-16)11-20(27)25-13-19-12-24(17(2)26)14-22(19,15-25)21(28)23-9-3-4-10-23/h5-8,19H,3-4,9-15H2,1-2H3/t19-,22-/m0/s1. The van der Waals surface area contributed by atoms with Gasteiger partial charge in [0.25, 0.3) is 0 Å². The number of carbonyl (C=O) groups excluding carboxylic acids is 3. The maximum Gasteiger partial charge on any atom is 0.232 e. The molecular weight excluding hydrogens is 354 g/mol. The lowest BCUT2D eigenvalue weighted by Crippen LogP contribution is -2.49. The minimum absolute atomic E-state index is 0.0144. The summed E-state index contributed by atoms with van der Waals surface area (Å²) in [7, 11) is 0. The van der Waals surface area contributed by atoms with Gasteiger partial charge in [-0.2, -0.15) is 0 Å². The minimum Gasteiger partial charge on any atom is -0.342 e. The first-order valence-corrected chi connectivity index (χ1v) is 10.3. The predicted molar refractivity (Wildman–Crippen MR) is 105 cm³/mol.